The van der Waals surface area contributed by atoms with Crippen molar-refractivity contribution in [2.24, 2.45) is 0 Å². The molecule has 0 aliphatic heterocycles. The highest BCUT2D eigenvalue weighted by Crippen LogP contribution is 2.25. The molecule has 0 spiro atoms. The molecule has 0 unspecified atom stereocenters. The van der Waals surface area contributed by atoms with Crippen LogP contribution in [0.3, 0.4) is 0 Å². The topological polar surface area (TPSA) is 72.6 Å². The zero-order valence-electron chi connectivity index (χ0n) is 10.5. The average molecular weight is 277 g/mol. The van der Waals surface area contributed by atoms with E-state index in [-0.39, 0.29) is 23.7 Å². The van der Waals surface area contributed by atoms with Crippen molar-refractivity contribution < 1.29 is 19.2 Å². The first kappa shape index (κ1) is 14.0. The molecule has 2 aromatic carbocycles. The Bertz CT molecular complexity index is 630. The molecule has 0 saturated carbocycles. The summed E-state index contributed by atoms with van der Waals surface area (Å²) in [5, 5.41) is 19.8. The van der Waals surface area contributed by atoms with Gasteiger partial charge in [0.05, 0.1) is 11.5 Å². The van der Waals surface area contributed by atoms with E-state index in [1.807, 2.05) is 0 Å². The van der Waals surface area contributed by atoms with Crippen LogP contribution in [0.1, 0.15) is 11.1 Å². The first-order valence-corrected chi connectivity index (χ1v) is 5.86. The van der Waals surface area contributed by atoms with Crippen molar-refractivity contribution in [3.05, 3.63) is 69.5 Å². The molecule has 6 heteroatoms. The van der Waals surface area contributed by atoms with Crippen molar-refractivity contribution in [3.8, 4) is 5.75 Å². The molecule has 0 fully saturated rings. The number of hydrogen-bond donors (Lipinski definition) is 1. The van der Waals surface area contributed by atoms with Crippen molar-refractivity contribution in [2.75, 3.05) is 0 Å². The minimum atomic E-state index is -0.556. The van der Waals surface area contributed by atoms with Gasteiger partial charge < -0.3 is 9.84 Å². The molecule has 0 radical (unpaired) electrons. The highest BCUT2D eigenvalue weighted by molar-refractivity contribution is 5.43. The van der Waals surface area contributed by atoms with Crippen LogP contribution in [0, 0.1) is 15.9 Å². The minimum absolute atomic E-state index is 0.0164. The van der Waals surface area contributed by atoms with Gasteiger partial charge in [-0.1, -0.05) is 18.2 Å². The number of halogens is 1. The van der Waals surface area contributed by atoms with Crippen LogP contribution in [-0.4, -0.2) is 10.0 Å². The zero-order valence-corrected chi connectivity index (χ0v) is 10.5. The van der Waals surface area contributed by atoms with Gasteiger partial charge in [0.2, 0.25) is 0 Å². The molecule has 0 aliphatic carbocycles. The summed E-state index contributed by atoms with van der Waals surface area (Å²) in [6, 6.07) is 10.1. The summed E-state index contributed by atoms with van der Waals surface area (Å²) < 4.78 is 18.8. The predicted molar refractivity (Wildman–Crippen MR) is 69.8 cm³/mol. The standard InChI is InChI=1S/C14H12FNO4/c15-13-4-2-1-3-10(13)9-20-14-6-5-12(16(18)19)7-11(14)8-17/h1-7,17H,8-9H2. The summed E-state index contributed by atoms with van der Waals surface area (Å²) in [4.78, 5) is 10.1. The SMILES string of the molecule is O=[N+]([O-])c1ccc(OCc2ccccc2F)c(CO)c1. The lowest BCUT2D eigenvalue weighted by Crippen LogP contribution is -2.01. The van der Waals surface area contributed by atoms with E-state index in [0.29, 0.717) is 11.3 Å². The number of aliphatic hydroxyl groups excluding tert-OH is 1. The number of nitro groups is 1. The van der Waals surface area contributed by atoms with Crippen LogP contribution < -0.4 is 4.74 Å². The van der Waals surface area contributed by atoms with Gasteiger partial charge in [0.15, 0.2) is 0 Å². The normalized spacial score (nSPS) is 10.3. The van der Waals surface area contributed by atoms with Crippen LogP contribution in [-0.2, 0) is 13.2 Å². The van der Waals surface area contributed by atoms with E-state index in [9.17, 15) is 19.6 Å². The van der Waals surface area contributed by atoms with Crippen molar-refractivity contribution in [3.63, 3.8) is 0 Å². The number of nitro benzene ring substituents is 1. The minimum Gasteiger partial charge on any atom is -0.488 e. The number of non-ortho nitro benzene ring substituents is 1. The summed E-state index contributed by atoms with van der Waals surface area (Å²) in [5.41, 5.74) is 0.526. The number of aliphatic hydroxyl groups is 1. The fourth-order valence-corrected chi connectivity index (χ4v) is 1.71. The molecular formula is C14H12FNO4. The summed E-state index contributed by atoms with van der Waals surface area (Å²) >= 11 is 0. The lowest BCUT2D eigenvalue weighted by Gasteiger charge is -2.10. The molecule has 0 bridgehead atoms. The summed E-state index contributed by atoms with van der Waals surface area (Å²) in [5.74, 6) is -0.0960. The second kappa shape index (κ2) is 6.12. The van der Waals surface area contributed by atoms with Gasteiger partial charge in [-0.2, -0.15) is 0 Å². The van der Waals surface area contributed by atoms with E-state index in [2.05, 4.69) is 0 Å². The second-order valence-corrected chi connectivity index (χ2v) is 4.09. The first-order chi connectivity index (χ1) is 9.61. The van der Waals surface area contributed by atoms with Gasteiger partial charge >= 0.3 is 0 Å². The van der Waals surface area contributed by atoms with Gasteiger partial charge in [0.1, 0.15) is 18.2 Å². The van der Waals surface area contributed by atoms with Crippen LogP contribution in [0.25, 0.3) is 0 Å². The number of nitrogens with zero attached hydrogens (tertiary/aromatic N) is 1. The van der Waals surface area contributed by atoms with E-state index in [0.717, 1.165) is 0 Å². The fraction of sp³-hybridized carbons (Fsp3) is 0.143. The third-order valence-electron chi connectivity index (χ3n) is 2.77. The fourth-order valence-electron chi connectivity index (χ4n) is 1.71. The molecule has 2 aromatic rings. The average Bonchev–Trinajstić information content (AvgIpc) is 2.46. The van der Waals surface area contributed by atoms with E-state index < -0.39 is 11.5 Å². The van der Waals surface area contributed by atoms with Gasteiger partial charge in [-0.15, -0.1) is 0 Å². The smallest absolute Gasteiger partial charge is 0.270 e. The summed E-state index contributed by atoms with van der Waals surface area (Å²) in [6.45, 7) is -0.411. The number of benzene rings is 2. The van der Waals surface area contributed by atoms with Crippen LogP contribution in [0.4, 0.5) is 10.1 Å². The molecule has 104 valence electrons. The zero-order chi connectivity index (χ0) is 14.5. The number of ether oxygens (including phenoxy) is 1. The molecule has 0 saturated heterocycles. The third-order valence-corrected chi connectivity index (χ3v) is 2.77. The van der Waals surface area contributed by atoms with Crippen molar-refractivity contribution >= 4 is 5.69 Å². The molecule has 5 nitrogen and oxygen atoms in total. The first-order valence-electron chi connectivity index (χ1n) is 5.86. The van der Waals surface area contributed by atoms with E-state index in [1.165, 1.54) is 24.3 Å². The van der Waals surface area contributed by atoms with E-state index in [4.69, 9.17) is 4.74 Å². The van der Waals surface area contributed by atoms with Crippen molar-refractivity contribution in [1.82, 2.24) is 0 Å². The monoisotopic (exact) mass is 277 g/mol. The Morgan fingerprint density at radius 2 is 1.95 bits per heavy atom. The van der Waals surface area contributed by atoms with Crippen LogP contribution in [0.15, 0.2) is 42.5 Å². The molecule has 0 atom stereocenters. The lowest BCUT2D eigenvalue weighted by molar-refractivity contribution is -0.385. The summed E-state index contributed by atoms with van der Waals surface area (Å²) in [7, 11) is 0. The maximum absolute atomic E-state index is 13.4. The molecule has 0 aromatic heterocycles. The van der Waals surface area contributed by atoms with Gasteiger partial charge in [-0.3, -0.25) is 10.1 Å². The van der Waals surface area contributed by atoms with Crippen LogP contribution in [0.5, 0.6) is 5.75 Å². The maximum Gasteiger partial charge on any atom is 0.270 e. The van der Waals surface area contributed by atoms with Gasteiger partial charge in [0, 0.05) is 23.3 Å². The Hall–Kier alpha value is -2.47. The quantitative estimate of drug-likeness (QED) is 0.673. The van der Waals surface area contributed by atoms with Crippen LogP contribution >= 0.6 is 0 Å². The molecule has 2 rings (SSSR count). The van der Waals surface area contributed by atoms with Crippen molar-refractivity contribution in [2.45, 2.75) is 13.2 Å². The molecule has 0 heterocycles. The Balaban J connectivity index is 2.17. The predicted octanol–water partition coefficient (Wildman–Crippen LogP) is 2.81. The largest absolute Gasteiger partial charge is 0.488 e. The van der Waals surface area contributed by atoms with Crippen LogP contribution in [0.2, 0.25) is 0 Å². The highest BCUT2D eigenvalue weighted by atomic mass is 19.1. The molecular weight excluding hydrogens is 265 g/mol. The third kappa shape index (κ3) is 3.10. The Labute approximate surface area is 114 Å². The highest BCUT2D eigenvalue weighted by Gasteiger charge is 2.11. The van der Waals surface area contributed by atoms with Gasteiger partial charge in [0.25, 0.3) is 5.69 Å². The van der Waals surface area contributed by atoms with Gasteiger partial charge in [-0.05, 0) is 12.1 Å². The Kier molecular flexibility index (Phi) is 4.27. The maximum atomic E-state index is 13.4. The molecule has 0 aliphatic rings. The lowest BCUT2D eigenvalue weighted by atomic mass is 10.2. The number of rotatable bonds is 5. The number of hydrogen-bond acceptors (Lipinski definition) is 4. The van der Waals surface area contributed by atoms with Gasteiger partial charge in [-0.25, -0.2) is 4.39 Å². The molecule has 1 N–H and O–H groups in total. The second-order valence-electron chi connectivity index (χ2n) is 4.09. The van der Waals surface area contributed by atoms with E-state index >= 15 is 0 Å². The summed E-state index contributed by atoms with van der Waals surface area (Å²) in [6.07, 6.45) is 0. The molecule has 20 heavy (non-hydrogen) atoms. The molecule has 0 amide bonds. The Morgan fingerprint density at radius 1 is 1.20 bits per heavy atom. The Morgan fingerprint density at radius 3 is 2.60 bits per heavy atom. The van der Waals surface area contributed by atoms with Crippen molar-refractivity contribution in [1.29, 1.82) is 0 Å². The van der Waals surface area contributed by atoms with E-state index in [1.54, 1.807) is 18.2 Å².